The molecular formula is C15H21FO2. The Kier molecular flexibility index (Phi) is 4.23. The minimum Gasteiger partial charge on any atom is -0.494 e. The van der Waals surface area contributed by atoms with E-state index in [2.05, 4.69) is 0 Å². The minimum absolute atomic E-state index is 0.254. The molecule has 1 aromatic carbocycles. The lowest BCUT2D eigenvalue weighted by atomic mass is 9.87. The van der Waals surface area contributed by atoms with Crippen molar-refractivity contribution in [3.8, 4) is 5.75 Å². The maximum atomic E-state index is 14.1. The summed E-state index contributed by atoms with van der Waals surface area (Å²) in [4.78, 5) is 0. The first-order valence-corrected chi connectivity index (χ1v) is 6.68. The van der Waals surface area contributed by atoms with Gasteiger partial charge in [-0.05, 0) is 24.5 Å². The van der Waals surface area contributed by atoms with E-state index < -0.39 is 5.60 Å². The molecule has 0 bridgehead atoms. The van der Waals surface area contributed by atoms with Crippen LogP contribution in [-0.2, 0) is 6.42 Å². The van der Waals surface area contributed by atoms with Gasteiger partial charge < -0.3 is 9.84 Å². The molecule has 0 saturated heterocycles. The molecule has 0 spiro atoms. The molecule has 100 valence electrons. The van der Waals surface area contributed by atoms with Gasteiger partial charge in [0.2, 0.25) is 0 Å². The molecule has 0 amide bonds. The van der Waals surface area contributed by atoms with Crippen molar-refractivity contribution in [2.24, 2.45) is 0 Å². The van der Waals surface area contributed by atoms with Crippen molar-refractivity contribution < 1.29 is 14.2 Å². The van der Waals surface area contributed by atoms with Crippen molar-refractivity contribution in [3.63, 3.8) is 0 Å². The molecule has 1 N–H and O–H groups in total. The molecule has 1 saturated carbocycles. The summed E-state index contributed by atoms with van der Waals surface area (Å²) in [5.41, 5.74) is -0.192. The summed E-state index contributed by atoms with van der Waals surface area (Å²) in [5, 5.41) is 10.6. The van der Waals surface area contributed by atoms with Gasteiger partial charge in [-0.1, -0.05) is 37.8 Å². The van der Waals surface area contributed by atoms with Crippen molar-refractivity contribution in [3.05, 3.63) is 29.6 Å². The fraction of sp³-hybridized carbons (Fsp3) is 0.600. The van der Waals surface area contributed by atoms with E-state index in [1.807, 2.05) is 0 Å². The van der Waals surface area contributed by atoms with Gasteiger partial charge in [0.25, 0.3) is 0 Å². The number of ether oxygens (including phenoxy) is 1. The van der Waals surface area contributed by atoms with E-state index in [9.17, 15) is 9.50 Å². The number of benzene rings is 1. The third kappa shape index (κ3) is 3.02. The lowest BCUT2D eigenvalue weighted by Crippen LogP contribution is -2.31. The summed E-state index contributed by atoms with van der Waals surface area (Å²) in [7, 11) is 1.46. The second-order valence-corrected chi connectivity index (χ2v) is 5.25. The number of rotatable bonds is 3. The summed E-state index contributed by atoms with van der Waals surface area (Å²) in [5.74, 6) is -0.0811. The zero-order valence-corrected chi connectivity index (χ0v) is 10.9. The third-order valence-electron chi connectivity index (χ3n) is 3.82. The Morgan fingerprint density at radius 2 is 1.89 bits per heavy atom. The summed E-state index contributed by atoms with van der Waals surface area (Å²) >= 11 is 0. The van der Waals surface area contributed by atoms with Crippen LogP contribution in [0.2, 0.25) is 0 Å². The highest BCUT2D eigenvalue weighted by atomic mass is 19.1. The summed E-state index contributed by atoms with van der Waals surface area (Å²) < 4.78 is 19.0. The molecule has 0 aliphatic heterocycles. The van der Waals surface area contributed by atoms with Crippen molar-refractivity contribution >= 4 is 0 Å². The van der Waals surface area contributed by atoms with Crippen LogP contribution in [0.1, 0.15) is 44.1 Å². The molecule has 0 unspecified atom stereocenters. The van der Waals surface area contributed by atoms with Gasteiger partial charge in [-0.15, -0.1) is 0 Å². The predicted octanol–water partition coefficient (Wildman–Crippen LogP) is 3.46. The van der Waals surface area contributed by atoms with Crippen molar-refractivity contribution in [1.29, 1.82) is 0 Å². The van der Waals surface area contributed by atoms with Gasteiger partial charge in [0, 0.05) is 6.42 Å². The van der Waals surface area contributed by atoms with Gasteiger partial charge in [0.15, 0.2) is 11.6 Å². The molecule has 1 aliphatic rings. The Morgan fingerprint density at radius 3 is 2.50 bits per heavy atom. The van der Waals surface area contributed by atoms with Crippen LogP contribution < -0.4 is 4.74 Å². The standard InChI is InChI=1S/C15H21FO2/c1-18-13-8-6-7-12(14(13)16)11-15(17)9-4-2-3-5-10-15/h6-8,17H,2-5,9-11H2,1H3. The normalized spacial score (nSPS) is 19.3. The van der Waals surface area contributed by atoms with Crippen LogP contribution in [0.15, 0.2) is 18.2 Å². The SMILES string of the molecule is COc1cccc(CC2(O)CCCCCC2)c1F. The number of hydrogen-bond acceptors (Lipinski definition) is 2. The molecule has 0 atom stereocenters. The molecule has 0 radical (unpaired) electrons. The van der Waals surface area contributed by atoms with Crippen molar-refractivity contribution in [1.82, 2.24) is 0 Å². The Bertz CT molecular complexity index is 395. The van der Waals surface area contributed by atoms with Gasteiger partial charge in [-0.3, -0.25) is 0 Å². The van der Waals surface area contributed by atoms with Crippen LogP contribution in [0, 0.1) is 5.82 Å². The molecule has 1 aliphatic carbocycles. The Hall–Kier alpha value is -1.09. The van der Waals surface area contributed by atoms with E-state index >= 15 is 0 Å². The highest BCUT2D eigenvalue weighted by Gasteiger charge is 2.29. The van der Waals surface area contributed by atoms with E-state index in [0.717, 1.165) is 25.7 Å². The summed E-state index contributed by atoms with van der Waals surface area (Å²) in [6.45, 7) is 0. The number of methoxy groups -OCH3 is 1. The van der Waals surface area contributed by atoms with Crippen LogP contribution >= 0.6 is 0 Å². The van der Waals surface area contributed by atoms with Crippen LogP contribution in [0.25, 0.3) is 0 Å². The second-order valence-electron chi connectivity index (χ2n) is 5.25. The van der Waals surface area contributed by atoms with Gasteiger partial charge in [-0.2, -0.15) is 0 Å². The van der Waals surface area contributed by atoms with Crippen LogP contribution in [0.5, 0.6) is 5.75 Å². The zero-order chi connectivity index (χ0) is 13.0. The van der Waals surface area contributed by atoms with Crippen LogP contribution in [0.3, 0.4) is 0 Å². The molecule has 2 rings (SSSR count). The Morgan fingerprint density at radius 1 is 1.22 bits per heavy atom. The molecular weight excluding hydrogens is 231 g/mol. The fourth-order valence-electron chi connectivity index (χ4n) is 2.77. The summed E-state index contributed by atoms with van der Waals surface area (Å²) in [6.07, 6.45) is 6.32. The minimum atomic E-state index is -0.746. The first kappa shape index (κ1) is 13.3. The number of aliphatic hydroxyl groups is 1. The largest absolute Gasteiger partial charge is 0.494 e. The number of hydrogen-bond donors (Lipinski definition) is 1. The average Bonchev–Trinajstić information content (AvgIpc) is 2.57. The average molecular weight is 252 g/mol. The maximum absolute atomic E-state index is 14.1. The molecule has 0 heterocycles. The third-order valence-corrected chi connectivity index (χ3v) is 3.82. The maximum Gasteiger partial charge on any atom is 0.168 e. The van der Waals surface area contributed by atoms with Crippen molar-refractivity contribution in [2.75, 3.05) is 7.11 Å². The van der Waals surface area contributed by atoms with Gasteiger partial charge in [-0.25, -0.2) is 4.39 Å². The first-order chi connectivity index (χ1) is 8.64. The topological polar surface area (TPSA) is 29.5 Å². The van der Waals surface area contributed by atoms with E-state index in [1.165, 1.54) is 20.0 Å². The second kappa shape index (κ2) is 5.70. The highest BCUT2D eigenvalue weighted by molar-refractivity contribution is 5.32. The number of halogens is 1. The molecule has 2 nitrogen and oxygen atoms in total. The van der Waals surface area contributed by atoms with Gasteiger partial charge in [0.05, 0.1) is 12.7 Å². The fourth-order valence-corrected chi connectivity index (χ4v) is 2.77. The molecule has 3 heteroatoms. The van der Waals surface area contributed by atoms with Crippen LogP contribution in [0.4, 0.5) is 4.39 Å². The van der Waals surface area contributed by atoms with E-state index in [-0.39, 0.29) is 11.6 Å². The highest BCUT2D eigenvalue weighted by Crippen LogP contribution is 2.32. The van der Waals surface area contributed by atoms with Crippen molar-refractivity contribution in [2.45, 2.75) is 50.5 Å². The smallest absolute Gasteiger partial charge is 0.168 e. The summed E-state index contributed by atoms with van der Waals surface area (Å²) in [6, 6.07) is 5.12. The van der Waals surface area contributed by atoms with Gasteiger partial charge >= 0.3 is 0 Å². The Labute approximate surface area is 108 Å². The zero-order valence-electron chi connectivity index (χ0n) is 10.9. The lowest BCUT2D eigenvalue weighted by Gasteiger charge is -2.27. The van der Waals surface area contributed by atoms with E-state index in [4.69, 9.17) is 4.74 Å². The molecule has 1 fully saturated rings. The predicted molar refractivity (Wildman–Crippen MR) is 69.3 cm³/mol. The monoisotopic (exact) mass is 252 g/mol. The van der Waals surface area contributed by atoms with Crippen LogP contribution in [-0.4, -0.2) is 17.8 Å². The molecule has 1 aromatic rings. The van der Waals surface area contributed by atoms with E-state index in [0.29, 0.717) is 12.0 Å². The quantitative estimate of drug-likeness (QED) is 0.835. The molecule has 0 aromatic heterocycles. The molecule has 18 heavy (non-hydrogen) atoms. The first-order valence-electron chi connectivity index (χ1n) is 6.68. The lowest BCUT2D eigenvalue weighted by molar-refractivity contribution is 0.0244. The van der Waals surface area contributed by atoms with Gasteiger partial charge in [0.1, 0.15) is 0 Å². The Balaban J connectivity index is 2.17. The van der Waals surface area contributed by atoms with E-state index in [1.54, 1.807) is 18.2 Å².